The number of aliphatic hydroxyl groups is 1. The zero-order valence-electron chi connectivity index (χ0n) is 12.8. The van der Waals surface area contributed by atoms with Gasteiger partial charge in [0.1, 0.15) is 0 Å². The Morgan fingerprint density at radius 1 is 0.842 bits per heavy atom. The lowest BCUT2D eigenvalue weighted by atomic mass is 10.1. The van der Waals surface area contributed by atoms with E-state index in [0.717, 1.165) is 32.5 Å². The van der Waals surface area contributed by atoms with Gasteiger partial charge in [-0.2, -0.15) is 0 Å². The van der Waals surface area contributed by atoms with Crippen LogP contribution >= 0.6 is 0 Å². The van der Waals surface area contributed by atoms with E-state index in [0.29, 0.717) is 0 Å². The van der Waals surface area contributed by atoms with Gasteiger partial charge in [-0.15, -0.1) is 0 Å². The Labute approximate surface area is 119 Å². The molecular formula is C16H32O3. The first-order valence-corrected chi connectivity index (χ1v) is 7.84. The zero-order valence-corrected chi connectivity index (χ0v) is 12.8. The van der Waals surface area contributed by atoms with Crippen LogP contribution in [0.2, 0.25) is 0 Å². The van der Waals surface area contributed by atoms with E-state index in [9.17, 15) is 0 Å². The highest BCUT2D eigenvalue weighted by atomic mass is 16.7. The van der Waals surface area contributed by atoms with E-state index in [2.05, 4.69) is 12.2 Å². The lowest BCUT2D eigenvalue weighted by Gasteiger charge is -2.16. The predicted octanol–water partition coefficient (Wildman–Crippen LogP) is 4.05. The monoisotopic (exact) mass is 272 g/mol. The summed E-state index contributed by atoms with van der Waals surface area (Å²) in [7, 11) is 0. The number of unbranched alkanes of at least 4 members (excludes halogenated alkanes) is 5. The summed E-state index contributed by atoms with van der Waals surface area (Å²) < 4.78 is 11.0. The van der Waals surface area contributed by atoms with Crippen LogP contribution in [0.15, 0.2) is 12.2 Å². The zero-order chi connectivity index (χ0) is 14.2. The predicted molar refractivity (Wildman–Crippen MR) is 80.2 cm³/mol. The summed E-state index contributed by atoms with van der Waals surface area (Å²) in [6, 6.07) is 0. The molecule has 0 rings (SSSR count). The lowest BCUT2D eigenvalue weighted by molar-refractivity contribution is -0.140. The molecule has 0 saturated carbocycles. The molecule has 0 saturated heterocycles. The molecule has 0 bridgehead atoms. The molecule has 0 aliphatic carbocycles. The van der Waals surface area contributed by atoms with Crippen LogP contribution in [0.4, 0.5) is 0 Å². The molecule has 19 heavy (non-hydrogen) atoms. The fourth-order valence-corrected chi connectivity index (χ4v) is 2.00. The normalized spacial score (nSPS) is 11.8. The van der Waals surface area contributed by atoms with Crippen molar-refractivity contribution < 1.29 is 14.6 Å². The van der Waals surface area contributed by atoms with E-state index in [1.54, 1.807) is 0 Å². The first-order valence-electron chi connectivity index (χ1n) is 7.84. The van der Waals surface area contributed by atoms with Gasteiger partial charge in [0.25, 0.3) is 0 Å². The van der Waals surface area contributed by atoms with Crippen molar-refractivity contribution in [1.82, 2.24) is 0 Å². The molecule has 3 heteroatoms. The molecule has 0 aromatic rings. The molecule has 0 fully saturated rings. The number of hydrogen-bond donors (Lipinski definition) is 1. The fourth-order valence-electron chi connectivity index (χ4n) is 2.00. The molecule has 114 valence electrons. The summed E-state index contributed by atoms with van der Waals surface area (Å²) in [6.45, 7) is 5.74. The SMILES string of the molecule is CCOC(CCCCCCC/C=C\CCO)OCC. The van der Waals surface area contributed by atoms with Gasteiger partial charge in [0, 0.05) is 19.8 Å². The average Bonchev–Trinajstić information content (AvgIpc) is 2.41. The molecular weight excluding hydrogens is 240 g/mol. The Morgan fingerprint density at radius 3 is 2.05 bits per heavy atom. The van der Waals surface area contributed by atoms with Gasteiger partial charge in [0.2, 0.25) is 0 Å². The van der Waals surface area contributed by atoms with Crippen molar-refractivity contribution in [3.63, 3.8) is 0 Å². The van der Waals surface area contributed by atoms with Crippen molar-refractivity contribution in [3.05, 3.63) is 12.2 Å². The Kier molecular flexibility index (Phi) is 15.4. The number of ether oxygens (including phenoxy) is 2. The van der Waals surface area contributed by atoms with Crippen LogP contribution in [-0.4, -0.2) is 31.2 Å². The minimum absolute atomic E-state index is 0.00332. The van der Waals surface area contributed by atoms with E-state index in [4.69, 9.17) is 14.6 Å². The van der Waals surface area contributed by atoms with Crippen LogP contribution < -0.4 is 0 Å². The van der Waals surface area contributed by atoms with Crippen LogP contribution in [0.5, 0.6) is 0 Å². The van der Waals surface area contributed by atoms with Crippen LogP contribution in [0.3, 0.4) is 0 Å². The first-order chi connectivity index (χ1) is 9.35. The minimum Gasteiger partial charge on any atom is -0.396 e. The molecule has 0 aromatic heterocycles. The van der Waals surface area contributed by atoms with Crippen molar-refractivity contribution >= 4 is 0 Å². The summed E-state index contributed by atoms with van der Waals surface area (Å²) in [5, 5.41) is 8.62. The van der Waals surface area contributed by atoms with Crippen LogP contribution in [0.25, 0.3) is 0 Å². The second-order valence-electron chi connectivity index (χ2n) is 4.67. The Bertz CT molecular complexity index is 186. The lowest BCUT2D eigenvalue weighted by Crippen LogP contribution is -2.17. The highest BCUT2D eigenvalue weighted by Gasteiger charge is 2.06. The van der Waals surface area contributed by atoms with Crippen molar-refractivity contribution in [3.8, 4) is 0 Å². The summed E-state index contributed by atoms with van der Waals surface area (Å²) in [4.78, 5) is 0. The second kappa shape index (κ2) is 15.7. The Balaban J connectivity index is 3.28. The number of rotatable bonds is 14. The largest absolute Gasteiger partial charge is 0.396 e. The molecule has 0 aromatic carbocycles. The summed E-state index contributed by atoms with van der Waals surface area (Å²) >= 11 is 0. The average molecular weight is 272 g/mol. The van der Waals surface area contributed by atoms with E-state index in [1.807, 2.05) is 13.8 Å². The topological polar surface area (TPSA) is 38.7 Å². The van der Waals surface area contributed by atoms with Crippen molar-refractivity contribution in [1.29, 1.82) is 0 Å². The van der Waals surface area contributed by atoms with Gasteiger partial charge >= 0.3 is 0 Å². The smallest absolute Gasteiger partial charge is 0.157 e. The Morgan fingerprint density at radius 2 is 1.42 bits per heavy atom. The number of hydrogen-bond acceptors (Lipinski definition) is 3. The molecule has 1 N–H and O–H groups in total. The van der Waals surface area contributed by atoms with Gasteiger partial charge in [-0.05, 0) is 46.0 Å². The van der Waals surface area contributed by atoms with Gasteiger partial charge < -0.3 is 14.6 Å². The van der Waals surface area contributed by atoms with Crippen molar-refractivity contribution in [2.75, 3.05) is 19.8 Å². The molecule has 0 aliphatic rings. The third kappa shape index (κ3) is 13.8. The number of allylic oxidation sites excluding steroid dienone is 1. The van der Waals surface area contributed by atoms with Gasteiger partial charge in [-0.3, -0.25) is 0 Å². The van der Waals surface area contributed by atoms with Gasteiger partial charge in [0.15, 0.2) is 6.29 Å². The van der Waals surface area contributed by atoms with Gasteiger partial charge in [-0.1, -0.05) is 31.4 Å². The third-order valence-electron chi connectivity index (χ3n) is 2.98. The highest BCUT2D eigenvalue weighted by Crippen LogP contribution is 2.11. The summed E-state index contributed by atoms with van der Waals surface area (Å²) in [6.07, 6.45) is 13.5. The maximum Gasteiger partial charge on any atom is 0.157 e. The van der Waals surface area contributed by atoms with E-state index in [1.165, 1.54) is 32.1 Å². The Hall–Kier alpha value is -0.380. The summed E-state index contributed by atoms with van der Waals surface area (Å²) in [5.41, 5.74) is 0. The first kappa shape index (κ1) is 18.6. The minimum atomic E-state index is -0.00332. The molecule has 3 nitrogen and oxygen atoms in total. The van der Waals surface area contributed by atoms with Crippen LogP contribution in [0.1, 0.15) is 65.2 Å². The fraction of sp³-hybridized carbons (Fsp3) is 0.875. The molecule has 0 aliphatic heterocycles. The molecule has 0 unspecified atom stereocenters. The maximum absolute atomic E-state index is 8.62. The third-order valence-corrected chi connectivity index (χ3v) is 2.98. The molecule has 0 amide bonds. The maximum atomic E-state index is 8.62. The highest BCUT2D eigenvalue weighted by molar-refractivity contribution is 4.80. The van der Waals surface area contributed by atoms with Gasteiger partial charge in [-0.25, -0.2) is 0 Å². The molecule has 0 atom stereocenters. The van der Waals surface area contributed by atoms with Crippen LogP contribution in [0, 0.1) is 0 Å². The molecule has 0 radical (unpaired) electrons. The van der Waals surface area contributed by atoms with E-state index in [-0.39, 0.29) is 12.9 Å². The van der Waals surface area contributed by atoms with Gasteiger partial charge in [0.05, 0.1) is 0 Å². The summed E-state index contributed by atoms with van der Waals surface area (Å²) in [5.74, 6) is 0. The molecule has 0 spiro atoms. The second-order valence-corrected chi connectivity index (χ2v) is 4.67. The number of aliphatic hydroxyl groups excluding tert-OH is 1. The quantitative estimate of drug-likeness (QED) is 0.294. The molecule has 0 heterocycles. The van der Waals surface area contributed by atoms with Crippen LogP contribution in [-0.2, 0) is 9.47 Å². The standard InChI is InChI=1S/C16H32O3/c1-3-18-16(19-4-2)14-12-10-8-6-5-7-9-11-13-15-17/h9,11,16-17H,3-8,10,12-15H2,1-2H3/b11-9-. The van der Waals surface area contributed by atoms with Crippen molar-refractivity contribution in [2.24, 2.45) is 0 Å². The van der Waals surface area contributed by atoms with E-state index < -0.39 is 0 Å². The van der Waals surface area contributed by atoms with Crippen molar-refractivity contribution in [2.45, 2.75) is 71.5 Å². The van der Waals surface area contributed by atoms with E-state index >= 15 is 0 Å².